The second kappa shape index (κ2) is 18.4. The van der Waals surface area contributed by atoms with Gasteiger partial charge in [0.1, 0.15) is 0 Å². The number of hydrogen-bond donors (Lipinski definition) is 0. The lowest BCUT2D eigenvalue weighted by Crippen LogP contribution is -2.12. The molecule has 0 bridgehead atoms. The predicted molar refractivity (Wildman–Crippen MR) is 84.1 cm³/mol. The first kappa shape index (κ1) is 21.3. The van der Waals surface area contributed by atoms with Gasteiger partial charge in [0, 0.05) is 19.6 Å². The first-order valence-corrected chi connectivity index (χ1v) is 8.27. The van der Waals surface area contributed by atoms with Gasteiger partial charge in [-0.1, -0.05) is 13.3 Å². The smallest absolute Gasteiger partial charge is 0.305 e. The van der Waals surface area contributed by atoms with E-state index in [2.05, 4.69) is 6.92 Å². The maximum Gasteiger partial charge on any atom is 0.305 e. The minimum absolute atomic E-state index is 0.168. The van der Waals surface area contributed by atoms with Crippen LogP contribution < -0.4 is 0 Å². The standard InChI is InChI=1S/C16H32O6/c1-3-5-8-18-10-12-20-14-15-21-13-11-19-9-6-7-16(17)22-4-2/h3-15H2,1-2H3. The van der Waals surface area contributed by atoms with E-state index in [0.717, 1.165) is 19.4 Å². The fourth-order valence-corrected chi connectivity index (χ4v) is 1.56. The number of unbranched alkanes of at least 4 members (excludes halogenated alkanes) is 1. The monoisotopic (exact) mass is 320 g/mol. The Bertz CT molecular complexity index is 235. The van der Waals surface area contributed by atoms with Crippen LogP contribution in [0, 0.1) is 0 Å². The highest BCUT2D eigenvalue weighted by atomic mass is 16.6. The Labute approximate surface area is 134 Å². The molecule has 0 heterocycles. The maximum absolute atomic E-state index is 11.1. The minimum atomic E-state index is -0.168. The average molecular weight is 320 g/mol. The quantitative estimate of drug-likeness (QED) is 0.302. The summed E-state index contributed by atoms with van der Waals surface area (Å²) in [5.74, 6) is -0.168. The van der Waals surface area contributed by atoms with Crippen molar-refractivity contribution in [2.45, 2.75) is 39.5 Å². The molecule has 132 valence electrons. The number of carbonyl (C=O) groups is 1. The van der Waals surface area contributed by atoms with Gasteiger partial charge in [-0.3, -0.25) is 4.79 Å². The number of carbonyl (C=O) groups excluding carboxylic acids is 1. The van der Waals surface area contributed by atoms with Gasteiger partial charge in [-0.25, -0.2) is 0 Å². The first-order valence-electron chi connectivity index (χ1n) is 8.27. The number of hydrogen-bond acceptors (Lipinski definition) is 6. The van der Waals surface area contributed by atoms with Gasteiger partial charge in [-0.2, -0.15) is 0 Å². The molecular weight excluding hydrogens is 288 g/mol. The average Bonchev–Trinajstić information content (AvgIpc) is 2.51. The van der Waals surface area contributed by atoms with Crippen LogP contribution in [0.1, 0.15) is 39.5 Å². The third kappa shape index (κ3) is 17.4. The molecule has 0 radical (unpaired) electrons. The highest BCUT2D eigenvalue weighted by Gasteiger charge is 2.00. The second-order valence-corrected chi connectivity index (χ2v) is 4.71. The Kier molecular flexibility index (Phi) is 17.8. The van der Waals surface area contributed by atoms with Crippen LogP contribution in [-0.2, 0) is 28.5 Å². The van der Waals surface area contributed by atoms with Crippen LogP contribution in [0.15, 0.2) is 0 Å². The van der Waals surface area contributed by atoms with Gasteiger partial charge in [0.25, 0.3) is 0 Å². The molecule has 0 aliphatic rings. The summed E-state index contributed by atoms with van der Waals surface area (Å²) < 4.78 is 26.3. The lowest BCUT2D eigenvalue weighted by molar-refractivity contribution is -0.143. The van der Waals surface area contributed by atoms with E-state index in [1.165, 1.54) is 0 Å². The Morgan fingerprint density at radius 1 is 0.682 bits per heavy atom. The Hall–Kier alpha value is -0.690. The number of esters is 1. The molecule has 6 nitrogen and oxygen atoms in total. The summed E-state index contributed by atoms with van der Waals surface area (Å²) in [7, 11) is 0. The van der Waals surface area contributed by atoms with Crippen molar-refractivity contribution in [2.75, 3.05) is 59.5 Å². The highest BCUT2D eigenvalue weighted by Crippen LogP contribution is 1.94. The number of rotatable bonds is 17. The minimum Gasteiger partial charge on any atom is -0.466 e. The summed E-state index contributed by atoms with van der Waals surface area (Å²) >= 11 is 0. The topological polar surface area (TPSA) is 63.2 Å². The molecule has 0 aromatic carbocycles. The molecule has 0 aliphatic carbocycles. The van der Waals surface area contributed by atoms with Crippen LogP contribution in [-0.4, -0.2) is 65.4 Å². The van der Waals surface area contributed by atoms with Crippen LogP contribution in [0.5, 0.6) is 0 Å². The fourth-order valence-electron chi connectivity index (χ4n) is 1.56. The third-order valence-corrected chi connectivity index (χ3v) is 2.73. The summed E-state index contributed by atoms with van der Waals surface area (Å²) in [4.78, 5) is 11.1. The van der Waals surface area contributed by atoms with Crippen molar-refractivity contribution < 1.29 is 28.5 Å². The molecule has 0 unspecified atom stereocenters. The maximum atomic E-state index is 11.1. The zero-order valence-electron chi connectivity index (χ0n) is 14.1. The van der Waals surface area contributed by atoms with Crippen molar-refractivity contribution in [3.63, 3.8) is 0 Å². The molecule has 0 N–H and O–H groups in total. The van der Waals surface area contributed by atoms with E-state index >= 15 is 0 Å². The largest absolute Gasteiger partial charge is 0.466 e. The van der Waals surface area contributed by atoms with E-state index in [9.17, 15) is 4.79 Å². The summed E-state index contributed by atoms with van der Waals surface area (Å²) in [5, 5.41) is 0. The van der Waals surface area contributed by atoms with Crippen molar-refractivity contribution in [2.24, 2.45) is 0 Å². The van der Waals surface area contributed by atoms with E-state index in [4.69, 9.17) is 23.7 Å². The highest BCUT2D eigenvalue weighted by molar-refractivity contribution is 5.69. The van der Waals surface area contributed by atoms with Gasteiger partial charge in [-0.15, -0.1) is 0 Å². The molecular formula is C16H32O6. The Morgan fingerprint density at radius 2 is 1.14 bits per heavy atom. The lowest BCUT2D eigenvalue weighted by atomic mass is 10.3. The van der Waals surface area contributed by atoms with Gasteiger partial charge in [-0.05, 0) is 19.8 Å². The van der Waals surface area contributed by atoms with Crippen LogP contribution in [0.25, 0.3) is 0 Å². The predicted octanol–water partition coefficient (Wildman–Crippen LogP) is 2.20. The molecule has 0 atom stereocenters. The van der Waals surface area contributed by atoms with Crippen molar-refractivity contribution >= 4 is 5.97 Å². The van der Waals surface area contributed by atoms with Gasteiger partial charge in [0.05, 0.1) is 46.2 Å². The fraction of sp³-hybridized carbons (Fsp3) is 0.938. The molecule has 0 rings (SSSR count). The van der Waals surface area contributed by atoms with E-state index in [-0.39, 0.29) is 5.97 Å². The van der Waals surface area contributed by atoms with Crippen LogP contribution >= 0.6 is 0 Å². The summed E-state index contributed by atoms with van der Waals surface area (Å²) in [6, 6.07) is 0. The molecule has 0 aromatic rings. The molecule has 0 saturated carbocycles. The van der Waals surface area contributed by atoms with E-state index in [1.54, 1.807) is 6.92 Å². The van der Waals surface area contributed by atoms with Crippen LogP contribution in [0.2, 0.25) is 0 Å². The van der Waals surface area contributed by atoms with E-state index in [0.29, 0.717) is 65.7 Å². The van der Waals surface area contributed by atoms with Crippen molar-refractivity contribution in [1.29, 1.82) is 0 Å². The normalized spacial score (nSPS) is 10.8. The summed E-state index contributed by atoms with van der Waals surface area (Å²) in [5.41, 5.74) is 0. The van der Waals surface area contributed by atoms with E-state index < -0.39 is 0 Å². The molecule has 0 aromatic heterocycles. The van der Waals surface area contributed by atoms with Gasteiger partial charge in [0.2, 0.25) is 0 Å². The molecule has 0 amide bonds. The van der Waals surface area contributed by atoms with Crippen molar-refractivity contribution in [3.8, 4) is 0 Å². The SMILES string of the molecule is CCCCOCCOCCOCCOCCCC(=O)OCC. The summed E-state index contributed by atoms with van der Waals surface area (Å²) in [6.45, 7) is 9.18. The third-order valence-electron chi connectivity index (χ3n) is 2.73. The van der Waals surface area contributed by atoms with E-state index in [1.807, 2.05) is 0 Å². The van der Waals surface area contributed by atoms with Gasteiger partial charge in [0.15, 0.2) is 0 Å². The van der Waals surface area contributed by atoms with Crippen LogP contribution in [0.3, 0.4) is 0 Å². The van der Waals surface area contributed by atoms with Gasteiger partial charge >= 0.3 is 5.97 Å². The summed E-state index contributed by atoms with van der Waals surface area (Å²) in [6.07, 6.45) is 3.34. The van der Waals surface area contributed by atoms with Gasteiger partial charge < -0.3 is 23.7 Å². The Morgan fingerprint density at radius 3 is 1.59 bits per heavy atom. The van der Waals surface area contributed by atoms with Crippen LogP contribution in [0.4, 0.5) is 0 Å². The molecule has 0 aliphatic heterocycles. The zero-order chi connectivity index (χ0) is 16.3. The first-order chi connectivity index (χ1) is 10.8. The molecule has 6 heteroatoms. The molecule has 0 spiro atoms. The number of ether oxygens (including phenoxy) is 5. The Balaban J connectivity index is 3.01. The molecule has 0 saturated heterocycles. The second-order valence-electron chi connectivity index (χ2n) is 4.71. The molecule has 0 fully saturated rings. The lowest BCUT2D eigenvalue weighted by Gasteiger charge is -2.07. The van der Waals surface area contributed by atoms with Crippen molar-refractivity contribution in [3.05, 3.63) is 0 Å². The van der Waals surface area contributed by atoms with Crippen molar-refractivity contribution in [1.82, 2.24) is 0 Å². The zero-order valence-corrected chi connectivity index (χ0v) is 14.1. The molecule has 22 heavy (non-hydrogen) atoms.